The van der Waals surface area contributed by atoms with Gasteiger partial charge in [-0.05, 0) is 80.0 Å². The first-order chi connectivity index (χ1) is 22.0. The Labute approximate surface area is 280 Å². The molecule has 0 spiro atoms. The highest BCUT2D eigenvalue weighted by molar-refractivity contribution is 7.86. The first kappa shape index (κ1) is 38.8. The number of ether oxygens (including phenoxy) is 2. The molecule has 3 aromatic carbocycles. The van der Waals surface area contributed by atoms with Crippen LogP contribution in [0, 0.1) is 0 Å². The fourth-order valence-electron chi connectivity index (χ4n) is 4.86. The molecule has 0 unspecified atom stereocenters. The van der Waals surface area contributed by atoms with Crippen molar-refractivity contribution in [2.24, 2.45) is 0 Å². The molecule has 0 heterocycles. The maximum Gasteiger partial charge on any atom is 0.344 e. The zero-order chi connectivity index (χ0) is 36.5. The highest BCUT2D eigenvalue weighted by atomic mass is 32.2. The van der Waals surface area contributed by atoms with Crippen LogP contribution in [0.25, 0.3) is 11.1 Å². The number of hydrogen-bond donors (Lipinski definition) is 3. The number of carbonyl (C=O) groups excluding carboxylic acids is 2. The van der Waals surface area contributed by atoms with Gasteiger partial charge in [0, 0.05) is 17.2 Å². The van der Waals surface area contributed by atoms with E-state index in [-0.39, 0.29) is 16.7 Å². The average molecular weight is 727 g/mol. The number of carbonyl (C=O) groups is 2. The molecule has 13 nitrogen and oxygen atoms in total. The van der Waals surface area contributed by atoms with Gasteiger partial charge in [-0.25, -0.2) is 9.59 Å². The fraction of sp³-hybridized carbons (Fsp3) is 0.375. The van der Waals surface area contributed by atoms with Crippen LogP contribution >= 0.6 is 0 Å². The van der Waals surface area contributed by atoms with Crippen LogP contribution in [0.4, 0.5) is 0 Å². The number of esters is 2. The summed E-state index contributed by atoms with van der Waals surface area (Å²) in [7, 11) is -15.2. The summed E-state index contributed by atoms with van der Waals surface area (Å²) in [6.07, 6.45) is 2.14. The van der Waals surface area contributed by atoms with E-state index in [0.29, 0.717) is 37.3 Å². The third-order valence-corrected chi connectivity index (χ3v) is 11.5. The molecule has 0 saturated carbocycles. The van der Waals surface area contributed by atoms with Crippen molar-refractivity contribution in [3.05, 3.63) is 71.3 Å². The van der Waals surface area contributed by atoms with Gasteiger partial charge in [-0.2, -0.15) is 25.3 Å². The molecular weight excluding hydrogens is 689 g/mol. The largest absolute Gasteiger partial charge is 0.456 e. The van der Waals surface area contributed by atoms with Crippen molar-refractivity contribution in [1.29, 1.82) is 0 Å². The lowest BCUT2D eigenvalue weighted by atomic mass is 9.77. The van der Waals surface area contributed by atoms with E-state index in [0.717, 1.165) is 30.3 Å². The number of benzene rings is 3. The summed E-state index contributed by atoms with van der Waals surface area (Å²) in [5.74, 6) is -2.84. The van der Waals surface area contributed by atoms with Crippen molar-refractivity contribution >= 4 is 42.3 Å². The van der Waals surface area contributed by atoms with E-state index in [2.05, 4.69) is 0 Å². The topological polar surface area (TPSA) is 216 Å². The Kier molecular flexibility index (Phi) is 11.4. The Bertz CT molecular complexity index is 2060. The molecule has 0 atom stereocenters. The van der Waals surface area contributed by atoms with Crippen LogP contribution < -0.4 is 4.74 Å². The van der Waals surface area contributed by atoms with E-state index < -0.39 is 79.3 Å². The second-order valence-electron chi connectivity index (χ2n) is 11.7. The van der Waals surface area contributed by atoms with Crippen LogP contribution in [-0.2, 0) is 40.5 Å². The zero-order valence-corrected chi connectivity index (χ0v) is 29.6. The van der Waals surface area contributed by atoms with Gasteiger partial charge in [0.05, 0.1) is 11.1 Å². The maximum absolute atomic E-state index is 13.1. The molecule has 0 radical (unpaired) electrons. The Hall–Kier alpha value is -3.67. The molecule has 0 aliphatic rings. The predicted octanol–water partition coefficient (Wildman–Crippen LogP) is 6.13. The number of hydrogen-bond acceptors (Lipinski definition) is 10. The van der Waals surface area contributed by atoms with Crippen LogP contribution in [0.3, 0.4) is 0 Å². The summed E-state index contributed by atoms with van der Waals surface area (Å²) in [6, 6.07) is 9.55. The molecule has 3 N–H and O–H groups in total. The Morgan fingerprint density at radius 2 is 1.12 bits per heavy atom. The SMILES string of the molecule is CCC(C)(CC)OC(=O)c1ccc(C(=O)Oc2ccc(-c3ccc(C(C)(CC)CC)cc3S(=O)(=O)O)c(S(=O)(=O)O)c2)c(S(=O)(=O)O)c1. The molecule has 3 aromatic rings. The molecule has 48 heavy (non-hydrogen) atoms. The first-order valence-corrected chi connectivity index (χ1v) is 19.2. The predicted molar refractivity (Wildman–Crippen MR) is 175 cm³/mol. The van der Waals surface area contributed by atoms with Gasteiger partial charge in [-0.1, -0.05) is 46.8 Å². The third kappa shape index (κ3) is 8.48. The molecule has 0 amide bonds. The van der Waals surface area contributed by atoms with Crippen LogP contribution in [0.1, 0.15) is 93.5 Å². The lowest BCUT2D eigenvalue weighted by Crippen LogP contribution is -2.30. The van der Waals surface area contributed by atoms with Crippen molar-refractivity contribution in [3.63, 3.8) is 0 Å². The molecular formula is C32H38O13S3. The van der Waals surface area contributed by atoms with Gasteiger partial charge in [-0.15, -0.1) is 0 Å². The molecule has 0 fully saturated rings. The quantitative estimate of drug-likeness (QED) is 0.103. The van der Waals surface area contributed by atoms with Gasteiger partial charge in [-0.3, -0.25) is 13.7 Å². The molecule has 3 rings (SSSR count). The van der Waals surface area contributed by atoms with Gasteiger partial charge < -0.3 is 9.47 Å². The van der Waals surface area contributed by atoms with Crippen molar-refractivity contribution < 1.29 is 58.0 Å². The van der Waals surface area contributed by atoms with Crippen LogP contribution in [0.15, 0.2) is 69.3 Å². The standard InChI is InChI=1S/C32H38O13S3/c1-7-31(5,8-2)21-12-15-23(27(18-21)47(38,39)40)24-16-13-22(19-28(24)48(41,42)43)44-30(34)25-14-11-20(17-26(25)46(35,36)37)29(33)45-32(6,9-3)10-4/h11-19H,7-10H2,1-6H3,(H,35,36,37)(H,38,39,40)(H,41,42,43). The van der Waals surface area contributed by atoms with Gasteiger partial charge in [0.2, 0.25) is 0 Å². The Morgan fingerprint density at radius 3 is 1.60 bits per heavy atom. The summed E-state index contributed by atoms with van der Waals surface area (Å²) in [6.45, 7) is 11.0. The van der Waals surface area contributed by atoms with Crippen LogP contribution in [-0.4, -0.2) is 56.5 Å². The third-order valence-electron chi connectivity index (χ3n) is 8.80. The van der Waals surface area contributed by atoms with Crippen molar-refractivity contribution in [2.75, 3.05) is 0 Å². The highest BCUT2D eigenvalue weighted by Gasteiger charge is 2.31. The minimum absolute atomic E-state index is 0.278. The minimum atomic E-state index is -5.14. The number of rotatable bonds is 13. The highest BCUT2D eigenvalue weighted by Crippen LogP contribution is 2.39. The Balaban J connectivity index is 2.12. The van der Waals surface area contributed by atoms with Gasteiger partial charge in [0.1, 0.15) is 26.0 Å². The average Bonchev–Trinajstić information content (AvgIpc) is 3.02. The second kappa shape index (κ2) is 14.1. The smallest absolute Gasteiger partial charge is 0.344 e. The van der Waals surface area contributed by atoms with Crippen LogP contribution in [0.2, 0.25) is 0 Å². The molecule has 0 aromatic heterocycles. The fourth-order valence-corrected chi connectivity index (χ4v) is 7.02. The summed E-state index contributed by atoms with van der Waals surface area (Å²) >= 11 is 0. The molecule has 0 aliphatic carbocycles. The van der Waals surface area contributed by atoms with E-state index in [1.165, 1.54) is 12.1 Å². The minimum Gasteiger partial charge on any atom is -0.456 e. The van der Waals surface area contributed by atoms with Gasteiger partial charge in [0.15, 0.2) is 0 Å². The second-order valence-corrected chi connectivity index (χ2v) is 15.9. The van der Waals surface area contributed by atoms with E-state index >= 15 is 0 Å². The molecule has 262 valence electrons. The summed E-state index contributed by atoms with van der Waals surface area (Å²) < 4.78 is 115. The van der Waals surface area contributed by atoms with Crippen molar-refractivity contribution in [3.8, 4) is 16.9 Å². The normalized spacial score (nSPS) is 12.9. The summed E-state index contributed by atoms with van der Waals surface area (Å²) in [5, 5.41) is 0. The Morgan fingerprint density at radius 1 is 0.625 bits per heavy atom. The van der Waals surface area contributed by atoms with Gasteiger partial charge in [0.25, 0.3) is 30.4 Å². The van der Waals surface area contributed by atoms with E-state index in [1.54, 1.807) is 26.8 Å². The van der Waals surface area contributed by atoms with Crippen molar-refractivity contribution in [2.45, 2.75) is 92.9 Å². The maximum atomic E-state index is 13.1. The molecule has 16 heteroatoms. The lowest BCUT2D eigenvalue weighted by molar-refractivity contribution is -0.0131. The molecule has 0 aliphatic heterocycles. The summed E-state index contributed by atoms with van der Waals surface area (Å²) in [4.78, 5) is 23.4. The van der Waals surface area contributed by atoms with E-state index in [9.17, 15) is 48.5 Å². The van der Waals surface area contributed by atoms with E-state index in [4.69, 9.17) is 9.47 Å². The zero-order valence-electron chi connectivity index (χ0n) is 27.2. The lowest BCUT2D eigenvalue weighted by Gasteiger charge is -2.28. The van der Waals surface area contributed by atoms with E-state index in [1.807, 2.05) is 20.8 Å². The monoisotopic (exact) mass is 726 g/mol. The van der Waals surface area contributed by atoms with Gasteiger partial charge >= 0.3 is 11.9 Å². The van der Waals surface area contributed by atoms with Crippen molar-refractivity contribution in [1.82, 2.24) is 0 Å². The summed E-state index contributed by atoms with van der Waals surface area (Å²) in [5.41, 5.74) is -2.43. The molecule has 0 saturated heterocycles. The van der Waals surface area contributed by atoms with Crippen LogP contribution in [0.5, 0.6) is 5.75 Å². The first-order valence-electron chi connectivity index (χ1n) is 14.8. The molecule has 0 bridgehead atoms.